The average molecular weight is 465 g/mol. The molecule has 2 aromatic rings. The standard InChI is InChI=1S/C22H25BrO6/c1-6-28-21(25)22(2,3)29-15-9-7-14(8-10-15)13-17(24)19-18(26-4)12-11-16(23)20(19)27-5/h7-12H,6,13H2,1-5H3. The van der Waals surface area contributed by atoms with Gasteiger partial charge in [-0.05, 0) is 66.5 Å². The molecule has 0 N–H and O–H groups in total. The summed E-state index contributed by atoms with van der Waals surface area (Å²) >= 11 is 3.40. The molecular weight excluding hydrogens is 440 g/mol. The monoisotopic (exact) mass is 464 g/mol. The van der Waals surface area contributed by atoms with Gasteiger partial charge in [0.05, 0.1) is 25.3 Å². The third-order valence-corrected chi connectivity index (χ3v) is 4.83. The second kappa shape index (κ2) is 9.78. The van der Waals surface area contributed by atoms with Crippen molar-refractivity contribution in [3.63, 3.8) is 0 Å². The predicted octanol–water partition coefficient (Wildman–Crippen LogP) is 4.61. The maximum absolute atomic E-state index is 12.9. The van der Waals surface area contributed by atoms with Gasteiger partial charge in [0.2, 0.25) is 0 Å². The van der Waals surface area contributed by atoms with Crippen LogP contribution < -0.4 is 14.2 Å². The Morgan fingerprint density at radius 2 is 1.66 bits per heavy atom. The van der Waals surface area contributed by atoms with Gasteiger partial charge >= 0.3 is 5.97 Å². The molecule has 0 amide bonds. The van der Waals surface area contributed by atoms with Crippen LogP contribution in [0, 0.1) is 0 Å². The van der Waals surface area contributed by atoms with Crippen LogP contribution in [0.1, 0.15) is 36.7 Å². The minimum Gasteiger partial charge on any atom is -0.496 e. The molecule has 0 saturated heterocycles. The summed E-state index contributed by atoms with van der Waals surface area (Å²) in [4.78, 5) is 24.9. The Morgan fingerprint density at radius 3 is 2.21 bits per heavy atom. The number of hydrogen-bond donors (Lipinski definition) is 0. The molecule has 0 bridgehead atoms. The van der Waals surface area contributed by atoms with Crippen LogP contribution in [0.15, 0.2) is 40.9 Å². The zero-order valence-corrected chi connectivity index (χ0v) is 18.8. The minimum atomic E-state index is -1.11. The van der Waals surface area contributed by atoms with Crippen molar-refractivity contribution in [3.05, 3.63) is 52.0 Å². The number of ether oxygens (including phenoxy) is 4. The van der Waals surface area contributed by atoms with Crippen LogP contribution >= 0.6 is 15.9 Å². The van der Waals surface area contributed by atoms with Crippen molar-refractivity contribution in [2.75, 3.05) is 20.8 Å². The predicted molar refractivity (Wildman–Crippen MR) is 113 cm³/mol. The third kappa shape index (κ3) is 5.50. The van der Waals surface area contributed by atoms with Gasteiger partial charge in [-0.15, -0.1) is 0 Å². The fourth-order valence-corrected chi connectivity index (χ4v) is 3.26. The number of benzene rings is 2. The molecule has 0 radical (unpaired) electrons. The van der Waals surface area contributed by atoms with Gasteiger partial charge < -0.3 is 18.9 Å². The van der Waals surface area contributed by atoms with Crippen LogP contribution in [0.25, 0.3) is 0 Å². The van der Waals surface area contributed by atoms with Crippen molar-refractivity contribution >= 4 is 27.7 Å². The van der Waals surface area contributed by atoms with Crippen molar-refractivity contribution in [2.45, 2.75) is 32.8 Å². The number of Topliss-reactive ketones (excluding diaryl/α,β-unsaturated/α-hetero) is 1. The second-order valence-electron chi connectivity index (χ2n) is 6.73. The first-order valence-corrected chi connectivity index (χ1v) is 9.91. The smallest absolute Gasteiger partial charge is 0.349 e. The summed E-state index contributed by atoms with van der Waals surface area (Å²) in [5.74, 6) is 0.821. The molecule has 0 heterocycles. The Balaban J connectivity index is 2.18. The molecule has 0 fully saturated rings. The van der Waals surface area contributed by atoms with Crippen molar-refractivity contribution < 1.29 is 28.5 Å². The van der Waals surface area contributed by atoms with Gasteiger partial charge in [0.15, 0.2) is 11.4 Å². The van der Waals surface area contributed by atoms with Gasteiger partial charge in [0.1, 0.15) is 22.8 Å². The summed E-state index contributed by atoms with van der Waals surface area (Å²) in [6.45, 7) is 5.33. The van der Waals surface area contributed by atoms with E-state index in [-0.39, 0.29) is 18.8 Å². The molecule has 0 atom stereocenters. The number of rotatable bonds is 9. The van der Waals surface area contributed by atoms with E-state index in [2.05, 4.69) is 15.9 Å². The molecule has 7 heteroatoms. The Bertz CT molecular complexity index is 874. The van der Waals surface area contributed by atoms with Gasteiger partial charge in [0, 0.05) is 6.42 Å². The number of ketones is 1. The highest BCUT2D eigenvalue weighted by atomic mass is 79.9. The summed E-state index contributed by atoms with van der Waals surface area (Å²) in [5.41, 5.74) is 0.0678. The van der Waals surface area contributed by atoms with E-state index < -0.39 is 11.6 Å². The molecule has 2 aromatic carbocycles. The molecule has 0 aliphatic rings. The summed E-state index contributed by atoms with van der Waals surface area (Å²) in [7, 11) is 3.02. The van der Waals surface area contributed by atoms with Crippen molar-refractivity contribution in [3.8, 4) is 17.2 Å². The van der Waals surface area contributed by atoms with E-state index in [0.29, 0.717) is 27.3 Å². The molecule has 0 aliphatic heterocycles. The molecule has 0 aromatic heterocycles. The maximum Gasteiger partial charge on any atom is 0.349 e. The first-order valence-electron chi connectivity index (χ1n) is 9.12. The lowest BCUT2D eigenvalue weighted by Crippen LogP contribution is -2.39. The molecule has 29 heavy (non-hydrogen) atoms. The van der Waals surface area contributed by atoms with Gasteiger partial charge in [-0.3, -0.25) is 4.79 Å². The zero-order chi connectivity index (χ0) is 21.6. The Morgan fingerprint density at radius 1 is 1.00 bits per heavy atom. The molecule has 0 aliphatic carbocycles. The summed E-state index contributed by atoms with van der Waals surface area (Å²) in [6, 6.07) is 10.5. The van der Waals surface area contributed by atoms with Crippen LogP contribution in [0.4, 0.5) is 0 Å². The first-order chi connectivity index (χ1) is 13.7. The zero-order valence-electron chi connectivity index (χ0n) is 17.2. The van der Waals surface area contributed by atoms with E-state index in [1.165, 1.54) is 14.2 Å². The minimum absolute atomic E-state index is 0.138. The van der Waals surface area contributed by atoms with E-state index in [1.54, 1.807) is 57.2 Å². The molecule has 2 rings (SSSR count). The largest absolute Gasteiger partial charge is 0.496 e. The van der Waals surface area contributed by atoms with Crippen LogP contribution in [0.5, 0.6) is 17.2 Å². The van der Waals surface area contributed by atoms with E-state index in [9.17, 15) is 9.59 Å². The average Bonchev–Trinajstić information content (AvgIpc) is 2.69. The quantitative estimate of drug-likeness (QED) is 0.398. The van der Waals surface area contributed by atoms with Crippen LogP contribution in [-0.4, -0.2) is 38.2 Å². The van der Waals surface area contributed by atoms with Crippen LogP contribution in [0.3, 0.4) is 0 Å². The number of carbonyl (C=O) groups excluding carboxylic acids is 2. The van der Waals surface area contributed by atoms with Crippen LogP contribution in [0.2, 0.25) is 0 Å². The summed E-state index contributed by atoms with van der Waals surface area (Å²) in [6.07, 6.45) is 0.157. The fourth-order valence-electron chi connectivity index (χ4n) is 2.76. The number of methoxy groups -OCH3 is 2. The van der Waals surface area contributed by atoms with E-state index in [4.69, 9.17) is 18.9 Å². The number of hydrogen-bond acceptors (Lipinski definition) is 6. The number of carbonyl (C=O) groups is 2. The Kier molecular flexibility index (Phi) is 7.67. The molecular formula is C22H25BrO6. The van der Waals surface area contributed by atoms with Crippen molar-refractivity contribution in [1.29, 1.82) is 0 Å². The van der Waals surface area contributed by atoms with Crippen LogP contribution in [-0.2, 0) is 16.0 Å². The van der Waals surface area contributed by atoms with Gasteiger partial charge in [0.25, 0.3) is 0 Å². The van der Waals surface area contributed by atoms with Gasteiger partial charge in [-0.1, -0.05) is 12.1 Å². The highest BCUT2D eigenvalue weighted by Gasteiger charge is 2.31. The van der Waals surface area contributed by atoms with Gasteiger partial charge in [-0.25, -0.2) is 4.79 Å². The molecule has 0 spiro atoms. The molecule has 6 nitrogen and oxygen atoms in total. The van der Waals surface area contributed by atoms with Crippen molar-refractivity contribution in [2.24, 2.45) is 0 Å². The normalized spacial score (nSPS) is 11.0. The summed E-state index contributed by atoms with van der Waals surface area (Å²) < 4.78 is 22.2. The lowest BCUT2D eigenvalue weighted by Gasteiger charge is -2.24. The second-order valence-corrected chi connectivity index (χ2v) is 7.59. The number of halogens is 1. The maximum atomic E-state index is 12.9. The fraction of sp³-hybridized carbons (Fsp3) is 0.364. The van der Waals surface area contributed by atoms with E-state index in [0.717, 1.165) is 5.56 Å². The van der Waals surface area contributed by atoms with E-state index in [1.807, 2.05) is 0 Å². The lowest BCUT2D eigenvalue weighted by atomic mass is 10.0. The molecule has 0 saturated carbocycles. The highest BCUT2D eigenvalue weighted by molar-refractivity contribution is 9.10. The SMILES string of the molecule is CCOC(=O)C(C)(C)Oc1ccc(CC(=O)c2c(OC)ccc(Br)c2OC)cc1. The first kappa shape index (κ1) is 22.7. The Hall–Kier alpha value is -2.54. The Labute approximate surface area is 179 Å². The molecule has 156 valence electrons. The number of esters is 1. The topological polar surface area (TPSA) is 71.1 Å². The van der Waals surface area contributed by atoms with Crippen molar-refractivity contribution in [1.82, 2.24) is 0 Å². The lowest BCUT2D eigenvalue weighted by molar-refractivity contribution is -0.158. The highest BCUT2D eigenvalue weighted by Crippen LogP contribution is 2.36. The van der Waals surface area contributed by atoms with Gasteiger partial charge in [-0.2, -0.15) is 0 Å². The molecule has 0 unspecified atom stereocenters. The van der Waals surface area contributed by atoms with E-state index >= 15 is 0 Å². The summed E-state index contributed by atoms with van der Waals surface area (Å²) in [5, 5.41) is 0. The third-order valence-electron chi connectivity index (χ3n) is 4.20.